The molecule has 16 heavy (non-hydrogen) atoms. The first-order valence-electron chi connectivity index (χ1n) is 5.25. The highest BCUT2D eigenvalue weighted by atomic mass is 35.5. The van der Waals surface area contributed by atoms with Crippen molar-refractivity contribution in [3.63, 3.8) is 0 Å². The number of nitrogens with zero attached hydrogens (tertiary/aromatic N) is 1. The van der Waals surface area contributed by atoms with E-state index in [9.17, 15) is 4.79 Å². The van der Waals surface area contributed by atoms with Gasteiger partial charge >= 0.3 is 0 Å². The zero-order chi connectivity index (χ0) is 12.0. The Morgan fingerprint density at radius 3 is 2.94 bits per heavy atom. The van der Waals surface area contributed by atoms with E-state index in [0.717, 1.165) is 12.8 Å². The molecule has 1 heterocycles. The number of rotatable bonds is 5. The number of amides is 1. The molecule has 0 saturated carbocycles. The summed E-state index contributed by atoms with van der Waals surface area (Å²) >= 11 is 5.68. The minimum atomic E-state index is -0.0459. The maximum Gasteiger partial charge on any atom is 0.225 e. The van der Waals surface area contributed by atoms with Crippen molar-refractivity contribution in [3.8, 4) is 0 Å². The van der Waals surface area contributed by atoms with Crippen molar-refractivity contribution < 1.29 is 4.79 Å². The normalized spacial score (nSPS) is 12.2. The molecule has 0 bridgehead atoms. The van der Waals surface area contributed by atoms with Gasteiger partial charge in [0.05, 0.1) is 5.02 Å². The van der Waals surface area contributed by atoms with Crippen LogP contribution in [-0.2, 0) is 4.79 Å². The van der Waals surface area contributed by atoms with Crippen molar-refractivity contribution in [2.75, 3.05) is 5.32 Å². The molecule has 1 aromatic rings. The number of halogens is 1. The molecule has 88 valence electrons. The molecule has 0 spiro atoms. The van der Waals surface area contributed by atoms with Crippen LogP contribution in [0.3, 0.4) is 0 Å². The molecule has 0 aliphatic carbocycles. The second-order valence-electron chi connectivity index (χ2n) is 3.78. The first-order chi connectivity index (χ1) is 7.58. The number of nitrogens with one attached hydrogen (secondary N) is 1. The summed E-state index contributed by atoms with van der Waals surface area (Å²) in [4.78, 5) is 15.4. The minimum absolute atomic E-state index is 0.0459. The summed E-state index contributed by atoms with van der Waals surface area (Å²) in [6.07, 6.45) is 3.60. The third-order valence-corrected chi connectivity index (χ3v) is 2.28. The summed E-state index contributed by atoms with van der Waals surface area (Å²) in [5.74, 6) is 0.477. The number of pyridine rings is 1. The molecular weight excluding hydrogens is 226 g/mol. The van der Waals surface area contributed by atoms with Crippen molar-refractivity contribution >= 4 is 23.3 Å². The van der Waals surface area contributed by atoms with Crippen LogP contribution in [0.1, 0.15) is 26.2 Å². The van der Waals surface area contributed by atoms with Crippen LogP contribution in [0.15, 0.2) is 18.3 Å². The first kappa shape index (κ1) is 12.9. The topological polar surface area (TPSA) is 68.0 Å². The van der Waals surface area contributed by atoms with E-state index in [4.69, 9.17) is 17.3 Å². The monoisotopic (exact) mass is 241 g/mol. The second-order valence-corrected chi connectivity index (χ2v) is 4.22. The Bertz CT molecular complexity index is 338. The molecule has 3 N–H and O–H groups in total. The predicted octanol–water partition coefficient (Wildman–Crippen LogP) is 2.19. The highest BCUT2D eigenvalue weighted by Gasteiger charge is 2.03. The lowest BCUT2D eigenvalue weighted by Gasteiger charge is -2.05. The van der Waals surface area contributed by atoms with E-state index in [2.05, 4.69) is 10.3 Å². The molecule has 0 aromatic carbocycles. The number of anilines is 1. The summed E-state index contributed by atoms with van der Waals surface area (Å²) in [6, 6.07) is 3.50. The minimum Gasteiger partial charge on any atom is -0.328 e. The molecule has 1 amide bonds. The van der Waals surface area contributed by atoms with Gasteiger partial charge in [0, 0.05) is 18.7 Å². The van der Waals surface area contributed by atoms with Gasteiger partial charge in [-0.25, -0.2) is 4.98 Å². The Morgan fingerprint density at radius 2 is 2.38 bits per heavy atom. The van der Waals surface area contributed by atoms with Crippen LogP contribution in [0.4, 0.5) is 5.82 Å². The van der Waals surface area contributed by atoms with Crippen LogP contribution in [0, 0.1) is 0 Å². The summed E-state index contributed by atoms with van der Waals surface area (Å²) in [5, 5.41) is 3.24. The van der Waals surface area contributed by atoms with Crippen LogP contribution < -0.4 is 11.1 Å². The molecule has 0 saturated heterocycles. The summed E-state index contributed by atoms with van der Waals surface area (Å²) in [7, 11) is 0. The molecule has 1 atom stereocenters. The van der Waals surface area contributed by atoms with E-state index in [1.807, 2.05) is 6.92 Å². The quantitative estimate of drug-likeness (QED) is 0.830. The van der Waals surface area contributed by atoms with E-state index in [1.54, 1.807) is 12.1 Å². The molecule has 0 aliphatic heterocycles. The van der Waals surface area contributed by atoms with Gasteiger partial charge in [-0.05, 0) is 31.9 Å². The predicted molar refractivity (Wildman–Crippen MR) is 65.4 cm³/mol. The largest absolute Gasteiger partial charge is 0.328 e. The summed E-state index contributed by atoms with van der Waals surface area (Å²) < 4.78 is 0. The fourth-order valence-electron chi connectivity index (χ4n) is 1.24. The van der Waals surface area contributed by atoms with Crippen molar-refractivity contribution in [3.05, 3.63) is 23.4 Å². The summed E-state index contributed by atoms with van der Waals surface area (Å²) in [5.41, 5.74) is 5.59. The maximum absolute atomic E-state index is 11.5. The molecule has 1 unspecified atom stereocenters. The molecular formula is C11H16ClN3O. The van der Waals surface area contributed by atoms with Gasteiger partial charge in [0.2, 0.25) is 5.91 Å². The Kier molecular flexibility index (Phi) is 5.22. The molecule has 0 aliphatic rings. The van der Waals surface area contributed by atoms with E-state index < -0.39 is 0 Å². The third-order valence-electron chi connectivity index (χ3n) is 2.06. The number of aromatic nitrogens is 1. The van der Waals surface area contributed by atoms with Gasteiger partial charge in [0.15, 0.2) is 0 Å². The molecule has 0 fully saturated rings. The van der Waals surface area contributed by atoms with Crippen LogP contribution >= 0.6 is 11.6 Å². The van der Waals surface area contributed by atoms with Gasteiger partial charge in [-0.2, -0.15) is 0 Å². The standard InChI is InChI=1S/C11H16ClN3O/c1-8(13)3-2-4-11(16)15-10-6-5-9(12)7-14-10/h5-8H,2-4,13H2,1H3,(H,14,15,16). The Hall–Kier alpha value is -1.13. The Labute approximate surface area is 100 Å². The highest BCUT2D eigenvalue weighted by molar-refractivity contribution is 6.30. The molecule has 5 heteroatoms. The Balaban J connectivity index is 2.31. The summed E-state index contributed by atoms with van der Waals surface area (Å²) in [6.45, 7) is 1.93. The number of carbonyl (C=O) groups excluding carboxylic acids is 1. The van der Waals surface area contributed by atoms with Gasteiger partial charge in [-0.15, -0.1) is 0 Å². The van der Waals surface area contributed by atoms with Crippen LogP contribution in [0.25, 0.3) is 0 Å². The van der Waals surface area contributed by atoms with E-state index in [-0.39, 0.29) is 11.9 Å². The van der Waals surface area contributed by atoms with Crippen LogP contribution in [0.5, 0.6) is 0 Å². The van der Waals surface area contributed by atoms with Gasteiger partial charge < -0.3 is 11.1 Å². The van der Waals surface area contributed by atoms with Crippen LogP contribution in [0.2, 0.25) is 5.02 Å². The smallest absolute Gasteiger partial charge is 0.225 e. The first-order valence-corrected chi connectivity index (χ1v) is 5.62. The fraction of sp³-hybridized carbons (Fsp3) is 0.455. The van der Waals surface area contributed by atoms with Crippen LogP contribution in [-0.4, -0.2) is 16.9 Å². The lowest BCUT2D eigenvalue weighted by molar-refractivity contribution is -0.116. The zero-order valence-corrected chi connectivity index (χ0v) is 10.00. The molecule has 0 radical (unpaired) electrons. The highest BCUT2D eigenvalue weighted by Crippen LogP contribution is 2.10. The van der Waals surface area contributed by atoms with E-state index in [0.29, 0.717) is 17.3 Å². The van der Waals surface area contributed by atoms with E-state index >= 15 is 0 Å². The lowest BCUT2D eigenvalue weighted by atomic mass is 10.1. The number of nitrogens with two attached hydrogens (primary N) is 1. The third kappa shape index (κ3) is 5.09. The Morgan fingerprint density at radius 1 is 1.62 bits per heavy atom. The average molecular weight is 242 g/mol. The average Bonchev–Trinajstić information content (AvgIpc) is 2.21. The van der Waals surface area contributed by atoms with Crippen molar-refractivity contribution in [2.24, 2.45) is 5.73 Å². The van der Waals surface area contributed by atoms with Crippen molar-refractivity contribution in [1.82, 2.24) is 4.98 Å². The van der Waals surface area contributed by atoms with Gasteiger partial charge in [-0.3, -0.25) is 4.79 Å². The van der Waals surface area contributed by atoms with Gasteiger partial charge in [0.1, 0.15) is 5.82 Å². The molecule has 1 rings (SSSR count). The number of hydrogen-bond donors (Lipinski definition) is 2. The van der Waals surface area contributed by atoms with E-state index in [1.165, 1.54) is 6.20 Å². The molecule has 1 aromatic heterocycles. The van der Waals surface area contributed by atoms with Gasteiger partial charge in [-0.1, -0.05) is 11.6 Å². The fourth-order valence-corrected chi connectivity index (χ4v) is 1.35. The SMILES string of the molecule is CC(N)CCCC(=O)Nc1ccc(Cl)cn1. The zero-order valence-electron chi connectivity index (χ0n) is 9.24. The lowest BCUT2D eigenvalue weighted by Crippen LogP contribution is -2.17. The van der Waals surface area contributed by atoms with Crippen molar-refractivity contribution in [2.45, 2.75) is 32.2 Å². The van der Waals surface area contributed by atoms with Crippen molar-refractivity contribution in [1.29, 1.82) is 0 Å². The van der Waals surface area contributed by atoms with Gasteiger partial charge in [0.25, 0.3) is 0 Å². The number of hydrogen-bond acceptors (Lipinski definition) is 3. The second kappa shape index (κ2) is 6.45. The molecule has 4 nitrogen and oxygen atoms in total. The number of carbonyl (C=O) groups is 1. The maximum atomic E-state index is 11.5.